The number of fused-ring (bicyclic) bond motifs is 8. The second-order valence-electron chi connectivity index (χ2n) is 14.3. The molecule has 4 heteroatoms. The van der Waals surface area contributed by atoms with Crippen LogP contribution in [-0.4, -0.2) is 9.97 Å². The van der Waals surface area contributed by atoms with Gasteiger partial charge in [-0.3, -0.25) is 0 Å². The van der Waals surface area contributed by atoms with E-state index in [4.69, 9.17) is 18.8 Å². The molecule has 0 bridgehead atoms. The zero-order chi connectivity index (χ0) is 32.4. The summed E-state index contributed by atoms with van der Waals surface area (Å²) in [7, 11) is 0. The first-order chi connectivity index (χ1) is 23.3. The average Bonchev–Trinajstić information content (AvgIpc) is 3.85. The lowest BCUT2D eigenvalue weighted by Gasteiger charge is -2.24. The van der Waals surface area contributed by atoms with Crippen LogP contribution < -0.4 is 0 Å². The highest BCUT2D eigenvalue weighted by molar-refractivity contribution is 5.91. The van der Waals surface area contributed by atoms with Crippen LogP contribution in [0.15, 0.2) is 130 Å². The summed E-state index contributed by atoms with van der Waals surface area (Å²) < 4.78 is 12.5. The van der Waals surface area contributed by atoms with Gasteiger partial charge in [-0.1, -0.05) is 88.4 Å². The van der Waals surface area contributed by atoms with Gasteiger partial charge in [0.25, 0.3) is 0 Å². The molecule has 8 aromatic rings. The van der Waals surface area contributed by atoms with E-state index in [0.717, 1.165) is 44.5 Å². The van der Waals surface area contributed by atoms with E-state index in [2.05, 4.69) is 100 Å². The van der Waals surface area contributed by atoms with Crippen LogP contribution in [0.1, 0.15) is 49.9 Å². The van der Waals surface area contributed by atoms with E-state index in [1.165, 1.54) is 44.5 Å². The van der Waals surface area contributed by atoms with Gasteiger partial charge in [-0.05, 0) is 116 Å². The van der Waals surface area contributed by atoms with Gasteiger partial charge in [0, 0.05) is 22.0 Å². The largest absolute Gasteiger partial charge is 0.436 e. The molecule has 0 saturated heterocycles. The fraction of sp³-hybridized carbons (Fsp3) is 0.136. The Hall–Kier alpha value is -5.74. The van der Waals surface area contributed by atoms with E-state index in [1.54, 1.807) is 0 Å². The van der Waals surface area contributed by atoms with Gasteiger partial charge in [0.05, 0.1) is 0 Å². The Morgan fingerprint density at radius 2 is 0.875 bits per heavy atom. The third-order valence-corrected chi connectivity index (χ3v) is 10.7. The third kappa shape index (κ3) is 3.77. The lowest BCUT2D eigenvalue weighted by atomic mass is 9.79. The number of hydrogen-bond donors (Lipinski definition) is 0. The standard InChI is InChI=1S/C44H32N2O2/c1-43(2)33-12-6-5-11-29(33)31-23-36-32(24-35(31)43)30-18-17-25(22-34(30)44(36,3)4)26-19-27(41-45-37-13-7-9-15-39(37)47-41)21-28(20-26)42-46-38-14-8-10-16-40(38)48-42/h5-24H,1-4H3. The van der Waals surface area contributed by atoms with E-state index in [-0.39, 0.29) is 10.8 Å². The number of benzene rings is 6. The van der Waals surface area contributed by atoms with Crippen LogP contribution in [0, 0.1) is 0 Å². The molecule has 0 aliphatic heterocycles. The Bertz CT molecular complexity index is 2480. The smallest absolute Gasteiger partial charge is 0.227 e. The molecule has 2 aliphatic carbocycles. The van der Waals surface area contributed by atoms with Crippen LogP contribution in [0.4, 0.5) is 0 Å². The van der Waals surface area contributed by atoms with Gasteiger partial charge in [-0.15, -0.1) is 0 Å². The minimum absolute atomic E-state index is 0.0417. The monoisotopic (exact) mass is 620 g/mol. The second kappa shape index (κ2) is 9.42. The van der Waals surface area contributed by atoms with Crippen LogP contribution in [0.2, 0.25) is 0 Å². The number of nitrogens with zero attached hydrogens (tertiary/aromatic N) is 2. The lowest BCUT2D eigenvalue weighted by molar-refractivity contribution is 0.617. The minimum atomic E-state index is -0.168. The molecule has 2 aliphatic rings. The molecule has 48 heavy (non-hydrogen) atoms. The summed E-state index contributed by atoms with van der Waals surface area (Å²) in [6, 6.07) is 42.9. The molecular weight excluding hydrogens is 588 g/mol. The Morgan fingerprint density at radius 3 is 1.48 bits per heavy atom. The zero-order valence-corrected chi connectivity index (χ0v) is 27.3. The number of hydrogen-bond acceptors (Lipinski definition) is 4. The first-order valence-electron chi connectivity index (χ1n) is 16.6. The molecule has 0 radical (unpaired) electrons. The average molecular weight is 621 g/mol. The molecule has 0 saturated carbocycles. The van der Waals surface area contributed by atoms with Crippen LogP contribution >= 0.6 is 0 Å². The highest BCUT2D eigenvalue weighted by atomic mass is 16.4. The molecule has 0 amide bonds. The number of rotatable bonds is 3. The molecular formula is C44H32N2O2. The van der Waals surface area contributed by atoms with Crippen LogP contribution in [-0.2, 0) is 10.8 Å². The normalized spacial score (nSPS) is 15.0. The summed E-state index contributed by atoms with van der Waals surface area (Å²) in [4.78, 5) is 9.69. The Balaban J connectivity index is 1.14. The minimum Gasteiger partial charge on any atom is -0.436 e. The summed E-state index contributed by atoms with van der Waals surface area (Å²) in [5, 5.41) is 0. The van der Waals surface area contributed by atoms with Crippen molar-refractivity contribution in [2.45, 2.75) is 38.5 Å². The summed E-state index contributed by atoms with van der Waals surface area (Å²) in [5.41, 5.74) is 17.8. The van der Waals surface area contributed by atoms with E-state index in [1.807, 2.05) is 48.5 Å². The van der Waals surface area contributed by atoms with Gasteiger partial charge in [0.2, 0.25) is 11.8 Å². The van der Waals surface area contributed by atoms with Gasteiger partial charge < -0.3 is 8.83 Å². The molecule has 0 atom stereocenters. The Morgan fingerprint density at radius 1 is 0.396 bits per heavy atom. The molecule has 2 heterocycles. The van der Waals surface area contributed by atoms with Crippen LogP contribution in [0.3, 0.4) is 0 Å². The Labute approximate surface area is 278 Å². The molecule has 10 rings (SSSR count). The Kier molecular flexibility index (Phi) is 5.37. The maximum Gasteiger partial charge on any atom is 0.227 e. The summed E-state index contributed by atoms with van der Waals surface area (Å²) in [6.07, 6.45) is 0. The first kappa shape index (κ1) is 27.4. The second-order valence-corrected chi connectivity index (χ2v) is 14.3. The van der Waals surface area contributed by atoms with Crippen molar-refractivity contribution in [3.05, 3.63) is 144 Å². The molecule has 0 N–H and O–H groups in total. The number of oxazole rings is 2. The van der Waals surface area contributed by atoms with Gasteiger partial charge in [0.1, 0.15) is 11.0 Å². The number of aromatic nitrogens is 2. The van der Waals surface area contributed by atoms with Crippen molar-refractivity contribution in [2.24, 2.45) is 0 Å². The summed E-state index contributed by atoms with van der Waals surface area (Å²) in [6.45, 7) is 9.43. The third-order valence-electron chi connectivity index (χ3n) is 10.7. The molecule has 0 spiro atoms. The van der Waals surface area contributed by atoms with E-state index < -0.39 is 0 Å². The summed E-state index contributed by atoms with van der Waals surface area (Å²) in [5.74, 6) is 1.14. The highest BCUT2D eigenvalue weighted by Gasteiger charge is 2.41. The van der Waals surface area contributed by atoms with Crippen LogP contribution in [0.25, 0.3) is 78.5 Å². The summed E-state index contributed by atoms with van der Waals surface area (Å²) >= 11 is 0. The van der Waals surface area contributed by atoms with Gasteiger partial charge in [0.15, 0.2) is 11.2 Å². The zero-order valence-electron chi connectivity index (χ0n) is 27.3. The van der Waals surface area contributed by atoms with Crippen molar-refractivity contribution in [3.8, 4) is 56.3 Å². The predicted octanol–water partition coefficient (Wildman–Crippen LogP) is 11.6. The van der Waals surface area contributed by atoms with E-state index >= 15 is 0 Å². The topological polar surface area (TPSA) is 52.1 Å². The number of para-hydroxylation sites is 4. The van der Waals surface area contributed by atoms with Gasteiger partial charge in [-0.2, -0.15) is 0 Å². The van der Waals surface area contributed by atoms with Crippen molar-refractivity contribution < 1.29 is 8.83 Å². The van der Waals surface area contributed by atoms with Crippen molar-refractivity contribution in [2.75, 3.05) is 0 Å². The molecule has 0 unspecified atom stereocenters. The molecule has 0 fully saturated rings. The van der Waals surface area contributed by atoms with Gasteiger partial charge in [-0.25, -0.2) is 9.97 Å². The van der Waals surface area contributed by atoms with E-state index in [0.29, 0.717) is 11.8 Å². The van der Waals surface area contributed by atoms with Crippen molar-refractivity contribution in [1.29, 1.82) is 0 Å². The quantitative estimate of drug-likeness (QED) is 0.197. The highest BCUT2D eigenvalue weighted by Crippen LogP contribution is 2.56. The van der Waals surface area contributed by atoms with E-state index in [9.17, 15) is 0 Å². The first-order valence-corrected chi connectivity index (χ1v) is 16.6. The van der Waals surface area contributed by atoms with Crippen molar-refractivity contribution in [3.63, 3.8) is 0 Å². The van der Waals surface area contributed by atoms with Crippen molar-refractivity contribution in [1.82, 2.24) is 9.97 Å². The fourth-order valence-electron chi connectivity index (χ4n) is 8.14. The van der Waals surface area contributed by atoms with Crippen LogP contribution in [0.5, 0.6) is 0 Å². The lowest BCUT2D eigenvalue weighted by Crippen LogP contribution is -2.17. The molecule has 230 valence electrons. The maximum absolute atomic E-state index is 6.26. The fourth-order valence-corrected chi connectivity index (χ4v) is 8.14. The SMILES string of the molecule is CC1(C)c2ccccc2-c2cc3c(cc21)-c1ccc(-c2cc(-c4nc5ccccc5o4)cc(-c4nc5ccccc5o4)c2)cc1C3(C)C. The molecule has 2 aromatic heterocycles. The van der Waals surface area contributed by atoms with Gasteiger partial charge >= 0.3 is 0 Å². The predicted molar refractivity (Wildman–Crippen MR) is 193 cm³/mol. The van der Waals surface area contributed by atoms with Crippen molar-refractivity contribution >= 4 is 22.2 Å². The molecule has 6 aromatic carbocycles. The maximum atomic E-state index is 6.26. The molecule has 4 nitrogen and oxygen atoms in total.